The quantitative estimate of drug-likeness (QED) is 0.299. The van der Waals surface area contributed by atoms with E-state index in [1.807, 2.05) is 0 Å². The van der Waals surface area contributed by atoms with E-state index in [0.29, 0.717) is 15.8 Å². The lowest BCUT2D eigenvalue weighted by atomic mass is 10.2. The Balaban J connectivity index is 2.05. The number of anilines is 1. The van der Waals surface area contributed by atoms with Crippen LogP contribution in [-0.2, 0) is 9.59 Å². The van der Waals surface area contributed by atoms with Gasteiger partial charge in [0.2, 0.25) is 5.91 Å². The third kappa shape index (κ3) is 5.42. The molecule has 5 nitrogen and oxygen atoms in total. The van der Waals surface area contributed by atoms with Crippen molar-refractivity contribution in [2.75, 3.05) is 18.6 Å². The van der Waals surface area contributed by atoms with Crippen LogP contribution in [0.25, 0.3) is 0 Å². The van der Waals surface area contributed by atoms with Crippen LogP contribution in [0.4, 0.5) is 5.69 Å². The molecule has 0 unspecified atom stereocenters. The minimum Gasteiger partial charge on any atom is -0.497 e. The topological polar surface area (TPSA) is 49.9 Å². The molecule has 0 radical (unpaired) electrons. The Morgan fingerprint density at radius 2 is 2.00 bits per heavy atom. The number of allylic oxidation sites excluding steroid dienone is 4. The van der Waals surface area contributed by atoms with Crippen LogP contribution < -0.4 is 9.64 Å². The van der Waals surface area contributed by atoms with Gasteiger partial charge in [-0.05, 0) is 36.4 Å². The van der Waals surface area contributed by atoms with E-state index in [9.17, 15) is 9.59 Å². The Kier molecular flexibility index (Phi) is 7.57. The SMILES string of the molecule is C=CCN1C(=O)C(=CC=CC=CN(C(C)=O)c2ccc(OC)cc2)SC1=S. The maximum absolute atomic E-state index is 12.2. The fraction of sp³-hybridized carbons (Fsp3) is 0.150. The molecule has 0 N–H and O–H groups in total. The molecule has 0 aliphatic carbocycles. The number of hydrogen-bond donors (Lipinski definition) is 0. The summed E-state index contributed by atoms with van der Waals surface area (Å²) in [4.78, 5) is 27.7. The molecule has 0 atom stereocenters. The molecule has 2 rings (SSSR count). The Morgan fingerprint density at radius 1 is 1.30 bits per heavy atom. The third-order valence-electron chi connectivity index (χ3n) is 3.58. The van der Waals surface area contributed by atoms with Crippen LogP contribution in [-0.4, -0.2) is 34.7 Å². The number of thiocarbonyl (C=S) groups is 1. The highest BCUT2D eigenvalue weighted by Crippen LogP contribution is 2.30. The average molecular weight is 401 g/mol. The number of amides is 2. The number of thioether (sulfide) groups is 1. The molecule has 140 valence electrons. The summed E-state index contributed by atoms with van der Waals surface area (Å²) in [5.74, 6) is 0.483. The van der Waals surface area contributed by atoms with E-state index in [1.165, 1.54) is 28.5 Å². The normalized spacial score (nSPS) is 15.9. The predicted octanol–water partition coefficient (Wildman–Crippen LogP) is 4.05. The van der Waals surface area contributed by atoms with Crippen molar-refractivity contribution in [3.63, 3.8) is 0 Å². The zero-order valence-corrected chi connectivity index (χ0v) is 16.8. The molecule has 0 spiro atoms. The molecule has 1 aliphatic heterocycles. The van der Waals surface area contributed by atoms with Gasteiger partial charge in [-0.1, -0.05) is 42.2 Å². The molecule has 1 aromatic rings. The van der Waals surface area contributed by atoms with E-state index in [4.69, 9.17) is 17.0 Å². The van der Waals surface area contributed by atoms with Crippen molar-refractivity contribution >= 4 is 45.8 Å². The smallest absolute Gasteiger partial charge is 0.266 e. The summed E-state index contributed by atoms with van der Waals surface area (Å²) in [5, 5.41) is 0. The molecule has 2 amide bonds. The Bertz CT molecular complexity index is 826. The first-order valence-electron chi connectivity index (χ1n) is 8.11. The van der Waals surface area contributed by atoms with Gasteiger partial charge in [0, 0.05) is 25.4 Å². The highest BCUT2D eigenvalue weighted by molar-refractivity contribution is 8.26. The van der Waals surface area contributed by atoms with Gasteiger partial charge < -0.3 is 4.74 Å². The number of hydrogen-bond acceptors (Lipinski definition) is 5. The summed E-state index contributed by atoms with van der Waals surface area (Å²) in [6.07, 6.45) is 10.2. The van der Waals surface area contributed by atoms with Gasteiger partial charge in [-0.3, -0.25) is 19.4 Å². The summed E-state index contributed by atoms with van der Waals surface area (Å²) >= 11 is 6.45. The van der Waals surface area contributed by atoms with Crippen molar-refractivity contribution in [1.29, 1.82) is 0 Å². The van der Waals surface area contributed by atoms with Crippen LogP contribution in [0.5, 0.6) is 5.75 Å². The minimum absolute atomic E-state index is 0.116. The lowest BCUT2D eigenvalue weighted by Gasteiger charge is -2.16. The van der Waals surface area contributed by atoms with Gasteiger partial charge in [-0.2, -0.15) is 0 Å². The van der Waals surface area contributed by atoms with E-state index in [-0.39, 0.29) is 11.8 Å². The number of ether oxygens (including phenoxy) is 1. The molecule has 1 saturated heterocycles. The van der Waals surface area contributed by atoms with Crippen molar-refractivity contribution in [3.05, 3.63) is 72.3 Å². The van der Waals surface area contributed by atoms with E-state index in [0.717, 1.165) is 11.4 Å². The highest BCUT2D eigenvalue weighted by Gasteiger charge is 2.30. The summed E-state index contributed by atoms with van der Waals surface area (Å²) in [5.41, 5.74) is 0.734. The van der Waals surface area contributed by atoms with Gasteiger partial charge in [0.05, 0.1) is 12.0 Å². The highest BCUT2D eigenvalue weighted by atomic mass is 32.2. The van der Waals surface area contributed by atoms with Crippen LogP contribution in [0.2, 0.25) is 0 Å². The molecule has 7 heteroatoms. The number of methoxy groups -OCH3 is 1. The van der Waals surface area contributed by atoms with Gasteiger partial charge in [-0.25, -0.2) is 0 Å². The first-order chi connectivity index (χ1) is 13.0. The second-order valence-electron chi connectivity index (χ2n) is 5.42. The van der Waals surface area contributed by atoms with Crippen LogP contribution in [0, 0.1) is 0 Å². The van der Waals surface area contributed by atoms with Crippen molar-refractivity contribution < 1.29 is 14.3 Å². The fourth-order valence-electron chi connectivity index (χ4n) is 2.26. The first-order valence-corrected chi connectivity index (χ1v) is 9.34. The molecular formula is C20H20N2O3S2. The van der Waals surface area contributed by atoms with Crippen molar-refractivity contribution in [2.45, 2.75) is 6.92 Å². The van der Waals surface area contributed by atoms with Gasteiger partial charge in [-0.15, -0.1) is 6.58 Å². The standard InChI is InChI=1S/C20H20N2O3S2/c1-4-13-22-19(24)18(27-20(22)26)8-6-5-7-14-21(15(2)23)16-9-11-17(25-3)12-10-16/h4-12,14H,1,13H2,2-3H3. The molecule has 1 heterocycles. The molecule has 1 aromatic carbocycles. The molecule has 1 fully saturated rings. The van der Waals surface area contributed by atoms with Gasteiger partial charge in [0.25, 0.3) is 5.91 Å². The Morgan fingerprint density at radius 3 is 2.59 bits per heavy atom. The number of benzene rings is 1. The fourth-order valence-corrected chi connectivity index (χ4v) is 3.49. The van der Waals surface area contributed by atoms with Crippen molar-refractivity contribution in [3.8, 4) is 5.75 Å². The number of carbonyl (C=O) groups excluding carboxylic acids is 2. The number of carbonyl (C=O) groups is 2. The monoisotopic (exact) mass is 400 g/mol. The van der Waals surface area contributed by atoms with E-state index in [1.54, 1.807) is 68.0 Å². The predicted molar refractivity (Wildman–Crippen MR) is 115 cm³/mol. The molecule has 27 heavy (non-hydrogen) atoms. The number of nitrogens with zero attached hydrogens (tertiary/aromatic N) is 2. The summed E-state index contributed by atoms with van der Waals surface area (Å²) in [7, 11) is 1.59. The van der Waals surface area contributed by atoms with Gasteiger partial charge in [0.1, 0.15) is 10.1 Å². The lowest BCUT2D eigenvalue weighted by Crippen LogP contribution is -2.27. The van der Waals surface area contributed by atoms with Crippen molar-refractivity contribution in [1.82, 2.24) is 4.90 Å². The molecular weight excluding hydrogens is 380 g/mol. The molecule has 0 aromatic heterocycles. The van der Waals surface area contributed by atoms with E-state index in [2.05, 4.69) is 6.58 Å². The summed E-state index contributed by atoms with van der Waals surface area (Å²) in [6.45, 7) is 5.52. The van der Waals surface area contributed by atoms with E-state index < -0.39 is 0 Å². The van der Waals surface area contributed by atoms with E-state index >= 15 is 0 Å². The number of rotatable bonds is 7. The largest absolute Gasteiger partial charge is 0.497 e. The summed E-state index contributed by atoms with van der Waals surface area (Å²) < 4.78 is 5.65. The molecule has 0 bridgehead atoms. The first kappa shape index (κ1) is 20.7. The Hall–Kier alpha value is -2.64. The van der Waals surface area contributed by atoms with Crippen LogP contribution in [0.15, 0.2) is 72.3 Å². The van der Waals surface area contributed by atoms with Crippen LogP contribution in [0.1, 0.15) is 6.92 Å². The Labute approximate surface area is 168 Å². The zero-order valence-electron chi connectivity index (χ0n) is 15.1. The van der Waals surface area contributed by atoms with Crippen molar-refractivity contribution in [2.24, 2.45) is 0 Å². The maximum Gasteiger partial charge on any atom is 0.266 e. The average Bonchev–Trinajstić information content (AvgIpc) is 2.92. The third-order valence-corrected chi connectivity index (χ3v) is 4.98. The minimum atomic E-state index is -0.123. The van der Waals surface area contributed by atoms with Gasteiger partial charge >= 0.3 is 0 Å². The maximum atomic E-state index is 12.2. The second-order valence-corrected chi connectivity index (χ2v) is 7.09. The van der Waals surface area contributed by atoms with Crippen LogP contribution >= 0.6 is 24.0 Å². The molecule has 1 aliphatic rings. The lowest BCUT2D eigenvalue weighted by molar-refractivity contribution is -0.121. The van der Waals surface area contributed by atoms with Crippen LogP contribution in [0.3, 0.4) is 0 Å². The molecule has 0 saturated carbocycles. The summed E-state index contributed by atoms with van der Waals surface area (Å²) in [6, 6.07) is 7.19. The van der Waals surface area contributed by atoms with Gasteiger partial charge in [0.15, 0.2) is 0 Å². The zero-order chi connectivity index (χ0) is 19.8. The second kappa shape index (κ2) is 9.89.